The van der Waals surface area contributed by atoms with Gasteiger partial charge in [0, 0.05) is 0 Å². The summed E-state index contributed by atoms with van der Waals surface area (Å²) < 4.78 is 25.3. The van der Waals surface area contributed by atoms with Gasteiger partial charge in [0.05, 0.1) is 0 Å². The molecule has 0 fully saturated rings. The largest absolute Gasteiger partial charge is 2.00 e. The van der Waals surface area contributed by atoms with E-state index in [0.29, 0.717) is 0 Å². The molecule has 0 aromatic carbocycles. The Labute approximate surface area is 147 Å². The van der Waals surface area contributed by atoms with Crippen LogP contribution in [-0.2, 0) is 11.4 Å². The molecule has 8 heavy (non-hydrogen) atoms. The van der Waals surface area contributed by atoms with E-state index in [2.05, 4.69) is 0 Å². The van der Waals surface area contributed by atoms with Crippen LogP contribution in [-0.4, -0.2) is 51.1 Å². The zero-order valence-corrected chi connectivity index (χ0v) is 14.4. The second-order valence-electron chi connectivity index (χ2n) is 0.204. The van der Waals surface area contributed by atoms with Crippen LogP contribution in [0.2, 0.25) is 0 Å². The number of hydrogen-bond donors (Lipinski definition) is 0. The first-order valence-electron chi connectivity index (χ1n) is 0.500. The predicted octanol–water partition coefficient (Wildman–Crippen LogP) is -10.4. The Kier molecular flexibility index (Phi) is 82.9. The van der Waals surface area contributed by atoms with Gasteiger partial charge in [-0.1, -0.05) is 0 Å². The van der Waals surface area contributed by atoms with Gasteiger partial charge in [-0.3, -0.25) is 4.21 Å². The summed E-state index contributed by atoms with van der Waals surface area (Å²) in [6, 6.07) is 0. The van der Waals surface area contributed by atoms with E-state index in [4.69, 9.17) is 13.3 Å². The molecule has 0 saturated heterocycles. The van der Waals surface area contributed by atoms with E-state index in [1.165, 1.54) is 0 Å². The van der Waals surface area contributed by atoms with E-state index < -0.39 is 11.4 Å². The van der Waals surface area contributed by atoms with Crippen LogP contribution in [0.25, 0.3) is 0 Å². The maximum Gasteiger partial charge on any atom is 2.00 e. The van der Waals surface area contributed by atoms with Gasteiger partial charge < -0.3 is 9.11 Å². The van der Waals surface area contributed by atoms with Crippen LogP contribution >= 0.6 is 0 Å². The van der Waals surface area contributed by atoms with Crippen LogP contribution in [0.1, 0.15) is 0 Å². The van der Waals surface area contributed by atoms with Gasteiger partial charge >= 0.3 is 126 Å². The van der Waals surface area contributed by atoms with Crippen LogP contribution in [0.4, 0.5) is 0 Å². The van der Waals surface area contributed by atoms with Crippen LogP contribution in [0.5, 0.6) is 0 Å². The molecular weight excluding hydrogens is 189 g/mol. The van der Waals surface area contributed by atoms with Gasteiger partial charge in [0.15, 0.2) is 0 Å². The Hall–Kier alpha value is 4.33. The molecule has 0 spiro atoms. The summed E-state index contributed by atoms with van der Waals surface area (Å²) in [5.74, 6) is 0. The molecule has 0 rings (SSSR count). The monoisotopic (exact) mass is 189 g/mol. The van der Waals surface area contributed by atoms with Gasteiger partial charge in [0.2, 0.25) is 0 Å². The van der Waals surface area contributed by atoms with Gasteiger partial charge in [-0.05, 0) is 0 Å². The Morgan fingerprint density at radius 2 is 1.00 bits per heavy atom. The molecule has 0 aromatic heterocycles. The number of rotatable bonds is 0. The van der Waals surface area contributed by atoms with Crippen molar-refractivity contribution in [1.82, 2.24) is 0 Å². The Balaban J connectivity index is -0.00000000750. The molecule has 0 aromatic rings. The normalized spacial score (nSPS) is 4.38. The van der Waals surface area contributed by atoms with Crippen molar-refractivity contribution in [3.63, 3.8) is 0 Å². The van der Waals surface area contributed by atoms with Crippen molar-refractivity contribution in [2.45, 2.75) is 0 Å². The summed E-state index contributed by atoms with van der Waals surface area (Å²) in [4.78, 5) is 0. The van der Waals surface area contributed by atoms with Crippen molar-refractivity contribution < 1.29 is 102 Å². The second-order valence-corrected chi connectivity index (χ2v) is 0.612. The van der Waals surface area contributed by atoms with Gasteiger partial charge in [-0.2, -0.15) is 0 Å². The first-order chi connectivity index (χ1) is 1.73. The van der Waals surface area contributed by atoms with Gasteiger partial charge in [-0.15, -0.1) is 11.4 Å². The average molecular weight is 189 g/mol. The van der Waals surface area contributed by atoms with E-state index in [1.54, 1.807) is 0 Å². The predicted molar refractivity (Wildman–Crippen MR) is 15.5 cm³/mol. The van der Waals surface area contributed by atoms with Crippen molar-refractivity contribution in [1.29, 1.82) is 0 Å². The van der Waals surface area contributed by atoms with Crippen LogP contribution in [0.15, 0.2) is 0 Å². The van der Waals surface area contributed by atoms with Crippen molar-refractivity contribution in [3.8, 4) is 0 Å². The summed E-state index contributed by atoms with van der Waals surface area (Å²) in [6.45, 7) is 0. The summed E-state index contributed by atoms with van der Waals surface area (Å²) in [6.07, 6.45) is 0. The standard InChI is InChI=1S/Ca.3Na.H2O3S/c;;;;1-4(2)3/h;;;;(H2,1,2,3)/q+2;3*+1;/p-2. The third kappa shape index (κ3) is 48.0. The quantitative estimate of drug-likeness (QED) is 0.281. The van der Waals surface area contributed by atoms with E-state index in [9.17, 15) is 0 Å². The Bertz CT molecular complexity index is 37.5. The topological polar surface area (TPSA) is 63.2 Å². The molecule has 3 nitrogen and oxygen atoms in total. The third-order valence-corrected chi connectivity index (χ3v) is 0. The fourth-order valence-electron chi connectivity index (χ4n) is 0. The summed E-state index contributed by atoms with van der Waals surface area (Å²) in [7, 11) is 0. The molecule has 0 aliphatic rings. The molecule has 8 heteroatoms. The fourth-order valence-corrected chi connectivity index (χ4v) is 0. The maximum absolute atomic E-state index is 8.44. The molecule has 0 radical (unpaired) electrons. The summed E-state index contributed by atoms with van der Waals surface area (Å²) in [5.41, 5.74) is 0. The molecular formula is CaNa3O3S+3. The Morgan fingerprint density at radius 1 is 1.00 bits per heavy atom. The summed E-state index contributed by atoms with van der Waals surface area (Å²) in [5, 5.41) is 0. The van der Waals surface area contributed by atoms with Crippen molar-refractivity contribution in [2.24, 2.45) is 0 Å². The van der Waals surface area contributed by atoms with Crippen LogP contribution in [0, 0.1) is 0 Å². The minimum atomic E-state index is -3.11. The second kappa shape index (κ2) is 22.5. The fraction of sp³-hybridized carbons (Fsp3) is 0. The smallest absolute Gasteiger partial charge is 0.784 e. The number of hydrogen-bond acceptors (Lipinski definition) is 3. The first kappa shape index (κ1) is 29.5. The van der Waals surface area contributed by atoms with Crippen molar-refractivity contribution >= 4 is 49.1 Å². The van der Waals surface area contributed by atoms with E-state index in [-0.39, 0.29) is 126 Å². The minimum absolute atomic E-state index is 0. The molecule has 0 saturated carbocycles. The van der Waals surface area contributed by atoms with E-state index in [1.807, 2.05) is 0 Å². The van der Waals surface area contributed by atoms with E-state index >= 15 is 0 Å². The molecule has 26 valence electrons. The maximum atomic E-state index is 8.44. The molecule has 0 heterocycles. The zero-order valence-electron chi connectivity index (χ0n) is 5.34. The van der Waals surface area contributed by atoms with Crippen LogP contribution < -0.4 is 88.7 Å². The average Bonchev–Trinajstić information content (AvgIpc) is 0.811. The van der Waals surface area contributed by atoms with Gasteiger partial charge in [0.1, 0.15) is 0 Å². The van der Waals surface area contributed by atoms with Crippen LogP contribution in [0.3, 0.4) is 0 Å². The Morgan fingerprint density at radius 3 is 1.00 bits per heavy atom. The molecule has 0 aliphatic heterocycles. The molecule has 0 amide bonds. The third-order valence-electron chi connectivity index (χ3n) is 0. The summed E-state index contributed by atoms with van der Waals surface area (Å²) >= 11 is -3.11. The SMILES string of the molecule is O=S([O-])[O-].[Ca+2].[Na+].[Na+].[Na+]. The zero-order chi connectivity index (χ0) is 3.58. The first-order valence-corrected chi connectivity index (χ1v) is 1.50. The molecule has 0 bridgehead atoms. The minimum Gasteiger partial charge on any atom is -0.784 e. The van der Waals surface area contributed by atoms with E-state index in [0.717, 1.165) is 0 Å². The van der Waals surface area contributed by atoms with Crippen molar-refractivity contribution in [2.75, 3.05) is 0 Å². The molecule has 0 aliphatic carbocycles. The van der Waals surface area contributed by atoms with Gasteiger partial charge in [-0.25, -0.2) is 0 Å². The van der Waals surface area contributed by atoms with Crippen molar-refractivity contribution in [3.05, 3.63) is 0 Å². The van der Waals surface area contributed by atoms with Gasteiger partial charge in [0.25, 0.3) is 0 Å². The molecule has 0 unspecified atom stereocenters. The molecule has 0 atom stereocenters. The molecule has 0 N–H and O–H groups in total.